The molecule has 1 saturated carbocycles. The number of hydrogen-bond acceptors (Lipinski definition) is 3. The Kier molecular flexibility index (Phi) is 2.54. The zero-order valence-corrected chi connectivity index (χ0v) is 7.99. The molecule has 2 aliphatic rings. The van der Waals surface area contributed by atoms with Gasteiger partial charge in [-0.3, -0.25) is 0 Å². The number of fused-ring (bicyclic) bond motifs is 1. The lowest BCUT2D eigenvalue weighted by Crippen LogP contribution is -2.31. The highest BCUT2D eigenvalue weighted by Crippen LogP contribution is 2.39. The summed E-state index contributed by atoms with van der Waals surface area (Å²) in [5.74, 6) is 0.855. The molecule has 1 saturated heterocycles. The summed E-state index contributed by atoms with van der Waals surface area (Å²) < 4.78 is 10.2. The van der Waals surface area contributed by atoms with Gasteiger partial charge in [-0.2, -0.15) is 0 Å². The molecular weight excluding hydrogens is 168 g/mol. The van der Waals surface area contributed by atoms with Crippen molar-refractivity contribution < 1.29 is 14.3 Å². The Labute approximate surface area is 78.4 Å². The maximum absolute atomic E-state index is 11.3. The normalized spacial score (nSPS) is 38.4. The van der Waals surface area contributed by atoms with Crippen LogP contribution in [-0.4, -0.2) is 25.8 Å². The molecule has 0 radical (unpaired) electrons. The third-order valence-corrected chi connectivity index (χ3v) is 3.28. The van der Waals surface area contributed by atoms with Crippen molar-refractivity contribution in [3.63, 3.8) is 0 Å². The van der Waals surface area contributed by atoms with Crippen molar-refractivity contribution in [2.24, 2.45) is 11.8 Å². The quantitative estimate of drug-likeness (QED) is 0.577. The van der Waals surface area contributed by atoms with E-state index < -0.39 is 0 Å². The molecule has 2 rings (SSSR count). The van der Waals surface area contributed by atoms with Gasteiger partial charge in [0.05, 0.1) is 13.7 Å². The monoisotopic (exact) mass is 184 g/mol. The van der Waals surface area contributed by atoms with Crippen LogP contribution in [-0.2, 0) is 14.3 Å². The highest BCUT2D eigenvalue weighted by Gasteiger charge is 2.42. The molecule has 3 nitrogen and oxygen atoms in total. The van der Waals surface area contributed by atoms with Crippen molar-refractivity contribution in [1.29, 1.82) is 0 Å². The predicted octanol–water partition coefficient (Wildman–Crippen LogP) is 1.36. The lowest BCUT2D eigenvalue weighted by Gasteiger charge is -2.25. The Bertz CT molecular complexity index is 202. The minimum absolute atomic E-state index is 0.186. The lowest BCUT2D eigenvalue weighted by molar-refractivity contribution is -0.153. The zero-order valence-electron chi connectivity index (χ0n) is 7.99. The van der Waals surface area contributed by atoms with Gasteiger partial charge in [0.1, 0.15) is 0 Å². The highest BCUT2D eigenvalue weighted by atomic mass is 16.6. The third kappa shape index (κ3) is 1.57. The van der Waals surface area contributed by atoms with Crippen molar-refractivity contribution in [3.05, 3.63) is 0 Å². The summed E-state index contributed by atoms with van der Waals surface area (Å²) in [6, 6.07) is 0. The average Bonchev–Trinajstić information content (AvgIpc) is 2.60. The number of hydrogen-bond donors (Lipinski definition) is 0. The molecule has 2 fully saturated rings. The van der Waals surface area contributed by atoms with E-state index in [2.05, 4.69) is 0 Å². The molecule has 1 aliphatic heterocycles. The minimum atomic E-state index is -0.268. The van der Waals surface area contributed by atoms with Gasteiger partial charge in [0.25, 0.3) is 0 Å². The first kappa shape index (κ1) is 9.00. The smallest absolute Gasteiger partial charge is 0.335 e. The average molecular weight is 184 g/mol. The van der Waals surface area contributed by atoms with E-state index in [4.69, 9.17) is 9.47 Å². The molecule has 0 N–H and O–H groups in total. The first-order chi connectivity index (χ1) is 6.33. The van der Waals surface area contributed by atoms with Crippen LogP contribution < -0.4 is 0 Å². The van der Waals surface area contributed by atoms with Gasteiger partial charge in [0, 0.05) is 5.92 Å². The standard InChI is InChI=1S/C10H16O3/c1-12-10(11)9-8-5-3-2-4-7(8)6-13-9/h7-9H,2-6H2,1H3/t7-,8-,9-/m1/s1. The van der Waals surface area contributed by atoms with Crippen LogP contribution in [0, 0.1) is 11.8 Å². The van der Waals surface area contributed by atoms with Gasteiger partial charge in [0.2, 0.25) is 0 Å². The predicted molar refractivity (Wildman–Crippen MR) is 47.2 cm³/mol. The first-order valence-electron chi connectivity index (χ1n) is 5.02. The van der Waals surface area contributed by atoms with E-state index in [1.807, 2.05) is 0 Å². The summed E-state index contributed by atoms with van der Waals surface area (Å²) in [6.07, 6.45) is 4.61. The van der Waals surface area contributed by atoms with Gasteiger partial charge in [-0.25, -0.2) is 4.79 Å². The number of ether oxygens (including phenoxy) is 2. The van der Waals surface area contributed by atoms with Crippen molar-refractivity contribution in [3.8, 4) is 0 Å². The van der Waals surface area contributed by atoms with E-state index in [-0.39, 0.29) is 12.1 Å². The molecule has 13 heavy (non-hydrogen) atoms. The van der Waals surface area contributed by atoms with Crippen molar-refractivity contribution in [2.45, 2.75) is 31.8 Å². The Balaban J connectivity index is 2.02. The molecule has 3 heteroatoms. The van der Waals surface area contributed by atoms with E-state index in [1.165, 1.54) is 26.4 Å². The van der Waals surface area contributed by atoms with E-state index in [0.29, 0.717) is 11.8 Å². The van der Waals surface area contributed by atoms with Crippen molar-refractivity contribution in [2.75, 3.05) is 13.7 Å². The number of rotatable bonds is 1. The molecule has 0 spiro atoms. The summed E-state index contributed by atoms with van der Waals surface area (Å²) in [6.45, 7) is 0.754. The molecule has 74 valence electrons. The fourth-order valence-electron chi connectivity index (χ4n) is 2.55. The van der Waals surface area contributed by atoms with Gasteiger partial charge in [0.15, 0.2) is 6.10 Å². The van der Waals surface area contributed by atoms with Crippen LogP contribution in [0.15, 0.2) is 0 Å². The number of carbonyl (C=O) groups is 1. The molecule has 0 bridgehead atoms. The molecule has 1 aliphatic carbocycles. The van der Waals surface area contributed by atoms with Crippen LogP contribution in [0.2, 0.25) is 0 Å². The summed E-state index contributed by atoms with van der Waals surface area (Å²) >= 11 is 0. The second kappa shape index (κ2) is 3.66. The van der Waals surface area contributed by atoms with Crippen LogP contribution in [0.5, 0.6) is 0 Å². The Morgan fingerprint density at radius 2 is 2.15 bits per heavy atom. The van der Waals surface area contributed by atoms with Crippen molar-refractivity contribution in [1.82, 2.24) is 0 Å². The molecule has 1 heterocycles. The molecule has 0 aromatic carbocycles. The minimum Gasteiger partial charge on any atom is -0.467 e. The summed E-state index contributed by atoms with van der Waals surface area (Å²) in [5.41, 5.74) is 0. The van der Waals surface area contributed by atoms with Crippen molar-refractivity contribution >= 4 is 5.97 Å². The molecule has 0 aromatic rings. The first-order valence-corrected chi connectivity index (χ1v) is 5.02. The maximum Gasteiger partial charge on any atom is 0.335 e. The van der Waals surface area contributed by atoms with E-state index >= 15 is 0 Å². The second-order valence-electron chi connectivity index (χ2n) is 3.99. The molecule has 0 aromatic heterocycles. The van der Waals surface area contributed by atoms with Gasteiger partial charge in [-0.05, 0) is 18.8 Å². The van der Waals surface area contributed by atoms with Gasteiger partial charge >= 0.3 is 5.97 Å². The van der Waals surface area contributed by atoms with E-state index in [0.717, 1.165) is 13.0 Å². The van der Waals surface area contributed by atoms with Crippen LogP contribution in [0.25, 0.3) is 0 Å². The topological polar surface area (TPSA) is 35.5 Å². The lowest BCUT2D eigenvalue weighted by atomic mass is 9.78. The highest BCUT2D eigenvalue weighted by molar-refractivity contribution is 5.75. The molecule has 0 amide bonds. The van der Waals surface area contributed by atoms with Crippen LogP contribution >= 0.6 is 0 Å². The number of methoxy groups -OCH3 is 1. The van der Waals surface area contributed by atoms with Gasteiger partial charge < -0.3 is 9.47 Å². The van der Waals surface area contributed by atoms with Crippen LogP contribution in [0.4, 0.5) is 0 Å². The number of carbonyl (C=O) groups excluding carboxylic acids is 1. The molecule has 3 atom stereocenters. The number of esters is 1. The Hall–Kier alpha value is -0.570. The fraction of sp³-hybridized carbons (Fsp3) is 0.900. The van der Waals surface area contributed by atoms with Gasteiger partial charge in [-0.15, -0.1) is 0 Å². The largest absolute Gasteiger partial charge is 0.467 e. The molecule has 0 unspecified atom stereocenters. The SMILES string of the molecule is COC(=O)[C@@H]1OC[C@H]2CCCC[C@H]21. The second-order valence-corrected chi connectivity index (χ2v) is 3.99. The van der Waals surface area contributed by atoms with Gasteiger partial charge in [-0.1, -0.05) is 12.8 Å². The van der Waals surface area contributed by atoms with Crippen LogP contribution in [0.3, 0.4) is 0 Å². The Morgan fingerprint density at radius 1 is 1.38 bits per heavy atom. The zero-order chi connectivity index (χ0) is 9.26. The summed E-state index contributed by atoms with van der Waals surface area (Å²) in [4.78, 5) is 11.3. The van der Waals surface area contributed by atoms with E-state index in [1.54, 1.807) is 0 Å². The molecular formula is C10H16O3. The third-order valence-electron chi connectivity index (χ3n) is 3.28. The Morgan fingerprint density at radius 3 is 2.92 bits per heavy atom. The summed E-state index contributed by atoms with van der Waals surface area (Å²) in [7, 11) is 1.43. The van der Waals surface area contributed by atoms with E-state index in [9.17, 15) is 4.79 Å². The van der Waals surface area contributed by atoms with Crippen LogP contribution in [0.1, 0.15) is 25.7 Å². The summed E-state index contributed by atoms with van der Waals surface area (Å²) in [5, 5.41) is 0. The maximum atomic E-state index is 11.3. The fourth-order valence-corrected chi connectivity index (χ4v) is 2.55.